The topological polar surface area (TPSA) is 46.5 Å². The highest BCUT2D eigenvalue weighted by Crippen LogP contribution is 2.17. The van der Waals surface area contributed by atoms with E-state index in [4.69, 9.17) is 4.89 Å². The Morgan fingerprint density at radius 1 is 1.60 bits per heavy atom. The Morgan fingerprint density at radius 2 is 2.10 bits per heavy atom. The molecule has 0 amide bonds. The summed E-state index contributed by atoms with van der Waals surface area (Å²) >= 11 is 0. The molecule has 0 aromatic heterocycles. The van der Waals surface area contributed by atoms with Crippen LogP contribution < -0.4 is 0 Å². The molecular formula is C6H13O3P. The molecule has 0 aromatic carbocycles. The van der Waals surface area contributed by atoms with E-state index in [9.17, 15) is 4.57 Å². The zero-order chi connectivity index (χ0) is 7.98. The van der Waals surface area contributed by atoms with Crippen molar-refractivity contribution in [3.63, 3.8) is 0 Å². The van der Waals surface area contributed by atoms with Crippen LogP contribution in [0.4, 0.5) is 0 Å². The van der Waals surface area contributed by atoms with Crippen LogP contribution in [0, 0.1) is 0 Å². The Labute approximate surface area is 61.7 Å². The molecule has 1 atom stereocenters. The van der Waals surface area contributed by atoms with Gasteiger partial charge < -0.3 is 9.42 Å². The molecule has 0 rings (SSSR count). The highest BCUT2D eigenvalue weighted by Gasteiger charge is 1.91. The number of hydrogen-bond donors (Lipinski definition) is 1. The minimum Gasteiger partial charge on any atom is -0.434 e. The largest absolute Gasteiger partial charge is 0.434 e. The molecule has 10 heavy (non-hydrogen) atoms. The average Bonchev–Trinajstić information content (AvgIpc) is 1.90. The Balaban J connectivity index is 3.74. The van der Waals surface area contributed by atoms with Gasteiger partial charge in [0.25, 0.3) is 0 Å². The quantitative estimate of drug-likeness (QED) is 0.511. The molecule has 4 heteroatoms. The normalized spacial score (nSPS) is 12.3. The lowest BCUT2D eigenvalue weighted by Crippen LogP contribution is -1.77. The van der Waals surface area contributed by atoms with E-state index in [1.165, 1.54) is 6.26 Å². The first kappa shape index (κ1) is 9.73. The van der Waals surface area contributed by atoms with Gasteiger partial charge >= 0.3 is 8.25 Å². The molecule has 0 saturated carbocycles. The molecule has 0 saturated heterocycles. The van der Waals surface area contributed by atoms with Crippen LogP contribution in [-0.4, -0.2) is 4.89 Å². The fourth-order valence-corrected chi connectivity index (χ4v) is 0.818. The van der Waals surface area contributed by atoms with Crippen molar-refractivity contribution >= 4 is 8.25 Å². The number of hydrogen-bond acceptors (Lipinski definition) is 2. The zero-order valence-corrected chi connectivity index (χ0v) is 7.26. The molecule has 0 heterocycles. The molecule has 0 aliphatic heterocycles. The summed E-state index contributed by atoms with van der Waals surface area (Å²) in [5, 5.41) is 0. The van der Waals surface area contributed by atoms with E-state index in [0.29, 0.717) is 0 Å². The van der Waals surface area contributed by atoms with Crippen molar-refractivity contribution in [2.45, 2.75) is 26.7 Å². The second-order valence-corrected chi connectivity index (χ2v) is 2.63. The molecule has 0 aromatic rings. The van der Waals surface area contributed by atoms with Gasteiger partial charge in [-0.1, -0.05) is 13.8 Å². The van der Waals surface area contributed by atoms with Crippen LogP contribution in [0.15, 0.2) is 11.8 Å². The smallest absolute Gasteiger partial charge is 0.364 e. The molecule has 0 bridgehead atoms. The molecule has 60 valence electrons. The van der Waals surface area contributed by atoms with Gasteiger partial charge in [-0.05, 0) is 18.4 Å². The highest BCUT2D eigenvalue weighted by atomic mass is 31.1. The lowest BCUT2D eigenvalue weighted by Gasteiger charge is -1.98. The predicted octanol–water partition coefficient (Wildman–Crippen LogP) is 2.09. The third-order valence-corrected chi connectivity index (χ3v) is 1.55. The summed E-state index contributed by atoms with van der Waals surface area (Å²) in [7, 11) is -2.78. The highest BCUT2D eigenvalue weighted by molar-refractivity contribution is 7.32. The van der Waals surface area contributed by atoms with Crippen LogP contribution in [0.25, 0.3) is 0 Å². The minimum atomic E-state index is -2.78. The second kappa shape index (κ2) is 5.51. The maximum atomic E-state index is 10.1. The zero-order valence-electron chi connectivity index (χ0n) is 6.26. The van der Waals surface area contributed by atoms with Gasteiger partial charge in [-0.15, -0.1) is 0 Å². The van der Waals surface area contributed by atoms with Gasteiger partial charge in [0.15, 0.2) is 0 Å². The molecule has 1 unspecified atom stereocenters. The lowest BCUT2D eigenvalue weighted by atomic mass is 10.2. The molecule has 3 nitrogen and oxygen atoms in total. The first-order valence-electron chi connectivity index (χ1n) is 3.28. The molecule has 0 fully saturated rings. The maximum Gasteiger partial charge on any atom is 0.364 e. The predicted molar refractivity (Wildman–Crippen MR) is 41.0 cm³/mol. The Hall–Kier alpha value is -0.270. The summed E-state index contributed by atoms with van der Waals surface area (Å²) in [4.78, 5) is 8.27. The SMILES string of the molecule is CCC(=CO[PH](=O)O)CC. The fraction of sp³-hybridized carbons (Fsp3) is 0.667. The van der Waals surface area contributed by atoms with E-state index in [1.807, 2.05) is 13.8 Å². The monoisotopic (exact) mass is 164 g/mol. The van der Waals surface area contributed by atoms with Gasteiger partial charge in [-0.2, -0.15) is 0 Å². The average molecular weight is 164 g/mol. The van der Waals surface area contributed by atoms with Crippen LogP contribution >= 0.6 is 8.25 Å². The van der Waals surface area contributed by atoms with Crippen molar-refractivity contribution in [3.8, 4) is 0 Å². The first-order chi connectivity index (χ1) is 4.70. The Kier molecular flexibility index (Phi) is 5.36. The Morgan fingerprint density at radius 3 is 2.40 bits per heavy atom. The van der Waals surface area contributed by atoms with Gasteiger partial charge in [0.05, 0.1) is 6.26 Å². The first-order valence-corrected chi connectivity index (χ1v) is 4.54. The molecule has 0 aliphatic carbocycles. The third kappa shape index (κ3) is 4.59. The van der Waals surface area contributed by atoms with Gasteiger partial charge in [-0.25, -0.2) is 4.57 Å². The third-order valence-electron chi connectivity index (χ3n) is 1.23. The number of rotatable bonds is 4. The summed E-state index contributed by atoms with van der Waals surface area (Å²) in [6.45, 7) is 3.96. The second-order valence-electron chi connectivity index (χ2n) is 1.87. The molecule has 0 radical (unpaired) electrons. The minimum absolute atomic E-state index is 0.867. The fourth-order valence-electron chi connectivity index (χ4n) is 0.550. The van der Waals surface area contributed by atoms with E-state index in [2.05, 4.69) is 4.52 Å². The summed E-state index contributed by atoms with van der Waals surface area (Å²) in [6.07, 6.45) is 3.11. The Bertz CT molecular complexity index is 136. The van der Waals surface area contributed by atoms with Gasteiger partial charge in [0, 0.05) is 0 Å². The maximum absolute atomic E-state index is 10.1. The van der Waals surface area contributed by atoms with Crippen molar-refractivity contribution in [1.29, 1.82) is 0 Å². The summed E-state index contributed by atoms with van der Waals surface area (Å²) < 4.78 is 14.5. The standard InChI is InChI=1S/C6H13O3P/c1-3-6(4-2)5-9-10(7)8/h5,10H,3-4H2,1-2H3,(H,7,8). The lowest BCUT2D eigenvalue weighted by molar-refractivity contribution is 0.374. The summed E-state index contributed by atoms with van der Waals surface area (Å²) in [6, 6.07) is 0. The molecule has 0 spiro atoms. The van der Waals surface area contributed by atoms with Crippen molar-refractivity contribution in [2.75, 3.05) is 0 Å². The van der Waals surface area contributed by atoms with E-state index in [0.717, 1.165) is 18.4 Å². The van der Waals surface area contributed by atoms with Crippen LogP contribution in [0.5, 0.6) is 0 Å². The molecule has 1 N–H and O–H groups in total. The summed E-state index contributed by atoms with van der Waals surface area (Å²) in [5.41, 5.74) is 1.05. The van der Waals surface area contributed by atoms with E-state index >= 15 is 0 Å². The van der Waals surface area contributed by atoms with Crippen molar-refractivity contribution in [3.05, 3.63) is 11.8 Å². The van der Waals surface area contributed by atoms with Crippen LogP contribution in [0.2, 0.25) is 0 Å². The van der Waals surface area contributed by atoms with Gasteiger partial charge in [0.2, 0.25) is 0 Å². The van der Waals surface area contributed by atoms with Crippen LogP contribution in [0.1, 0.15) is 26.7 Å². The van der Waals surface area contributed by atoms with Gasteiger partial charge in [-0.3, -0.25) is 0 Å². The van der Waals surface area contributed by atoms with Crippen molar-refractivity contribution < 1.29 is 14.0 Å². The van der Waals surface area contributed by atoms with Crippen molar-refractivity contribution in [1.82, 2.24) is 0 Å². The van der Waals surface area contributed by atoms with Gasteiger partial charge in [0.1, 0.15) is 0 Å². The van der Waals surface area contributed by atoms with Crippen LogP contribution in [0.3, 0.4) is 0 Å². The van der Waals surface area contributed by atoms with Crippen LogP contribution in [-0.2, 0) is 9.09 Å². The van der Waals surface area contributed by atoms with E-state index in [1.54, 1.807) is 0 Å². The molecule has 0 aliphatic rings. The molecular weight excluding hydrogens is 151 g/mol. The van der Waals surface area contributed by atoms with E-state index in [-0.39, 0.29) is 0 Å². The van der Waals surface area contributed by atoms with Crippen molar-refractivity contribution in [2.24, 2.45) is 0 Å². The number of allylic oxidation sites excluding steroid dienone is 1. The summed E-state index contributed by atoms with van der Waals surface area (Å²) in [5.74, 6) is 0. The van der Waals surface area contributed by atoms with E-state index < -0.39 is 8.25 Å².